The van der Waals surface area contributed by atoms with Gasteiger partial charge in [0, 0.05) is 19.3 Å². The van der Waals surface area contributed by atoms with E-state index in [-0.39, 0.29) is 0 Å². The Hall–Kier alpha value is -1.02. The molecular weight excluding hydrogens is 196 g/mol. The number of rotatable bonds is 5. The van der Waals surface area contributed by atoms with Crippen LogP contribution in [0.2, 0.25) is 0 Å². The SMILES string of the molecule is Cc1ccc(N(C)CC2CC2)c(CCN)c1. The van der Waals surface area contributed by atoms with Gasteiger partial charge in [-0.1, -0.05) is 17.7 Å². The van der Waals surface area contributed by atoms with Gasteiger partial charge in [0.2, 0.25) is 0 Å². The van der Waals surface area contributed by atoms with Crippen molar-refractivity contribution >= 4 is 5.69 Å². The molecule has 0 aromatic heterocycles. The number of nitrogens with zero attached hydrogens (tertiary/aromatic N) is 1. The molecule has 0 bridgehead atoms. The fraction of sp³-hybridized carbons (Fsp3) is 0.571. The summed E-state index contributed by atoms with van der Waals surface area (Å²) >= 11 is 0. The average Bonchev–Trinajstić information content (AvgIpc) is 3.02. The summed E-state index contributed by atoms with van der Waals surface area (Å²) in [5, 5.41) is 0. The first kappa shape index (κ1) is 11.5. The molecule has 2 rings (SSSR count). The average molecular weight is 218 g/mol. The van der Waals surface area contributed by atoms with Crippen molar-refractivity contribution in [1.29, 1.82) is 0 Å². The Labute approximate surface area is 98.4 Å². The highest BCUT2D eigenvalue weighted by Crippen LogP contribution is 2.32. The summed E-state index contributed by atoms with van der Waals surface area (Å²) in [6.07, 6.45) is 3.79. The first-order valence-electron chi connectivity index (χ1n) is 6.21. The van der Waals surface area contributed by atoms with Gasteiger partial charge in [-0.25, -0.2) is 0 Å². The van der Waals surface area contributed by atoms with Gasteiger partial charge in [-0.3, -0.25) is 0 Å². The molecule has 0 spiro atoms. The van der Waals surface area contributed by atoms with Crippen LogP contribution < -0.4 is 10.6 Å². The molecule has 1 aromatic rings. The van der Waals surface area contributed by atoms with E-state index in [1.165, 1.54) is 36.2 Å². The van der Waals surface area contributed by atoms with E-state index >= 15 is 0 Å². The van der Waals surface area contributed by atoms with E-state index in [1.54, 1.807) is 0 Å². The first-order valence-corrected chi connectivity index (χ1v) is 6.21. The van der Waals surface area contributed by atoms with E-state index < -0.39 is 0 Å². The maximum Gasteiger partial charge on any atom is 0.0396 e. The fourth-order valence-corrected chi connectivity index (χ4v) is 2.23. The highest BCUT2D eigenvalue weighted by atomic mass is 15.1. The van der Waals surface area contributed by atoms with Crippen LogP contribution in [0.3, 0.4) is 0 Å². The summed E-state index contributed by atoms with van der Waals surface area (Å²) in [7, 11) is 2.20. The molecule has 16 heavy (non-hydrogen) atoms. The molecule has 0 heterocycles. The van der Waals surface area contributed by atoms with Gasteiger partial charge in [-0.2, -0.15) is 0 Å². The molecule has 0 radical (unpaired) electrons. The Kier molecular flexibility index (Phi) is 3.49. The van der Waals surface area contributed by atoms with Crippen LogP contribution in [-0.4, -0.2) is 20.1 Å². The number of nitrogens with two attached hydrogens (primary N) is 1. The van der Waals surface area contributed by atoms with Crippen molar-refractivity contribution in [1.82, 2.24) is 0 Å². The monoisotopic (exact) mass is 218 g/mol. The maximum atomic E-state index is 5.67. The van der Waals surface area contributed by atoms with Gasteiger partial charge >= 0.3 is 0 Å². The highest BCUT2D eigenvalue weighted by Gasteiger charge is 2.23. The van der Waals surface area contributed by atoms with Gasteiger partial charge in [0.1, 0.15) is 0 Å². The first-order chi connectivity index (χ1) is 7.70. The standard InChI is InChI=1S/C14H22N2/c1-11-3-6-14(13(9-11)7-8-15)16(2)10-12-4-5-12/h3,6,9,12H,4-5,7-8,10,15H2,1-2H3. The summed E-state index contributed by atoms with van der Waals surface area (Å²) < 4.78 is 0. The Bertz CT molecular complexity index is 356. The van der Waals surface area contributed by atoms with Crippen molar-refractivity contribution in [3.05, 3.63) is 29.3 Å². The zero-order valence-corrected chi connectivity index (χ0v) is 10.4. The fourth-order valence-electron chi connectivity index (χ4n) is 2.23. The molecule has 2 nitrogen and oxygen atoms in total. The Balaban J connectivity index is 2.15. The minimum absolute atomic E-state index is 0.730. The molecule has 0 atom stereocenters. The summed E-state index contributed by atoms with van der Waals surface area (Å²) in [4.78, 5) is 2.39. The van der Waals surface area contributed by atoms with Gasteiger partial charge in [0.25, 0.3) is 0 Å². The van der Waals surface area contributed by atoms with Crippen molar-refractivity contribution in [3.8, 4) is 0 Å². The summed E-state index contributed by atoms with van der Waals surface area (Å²) in [5.41, 5.74) is 9.76. The third-order valence-corrected chi connectivity index (χ3v) is 3.29. The van der Waals surface area contributed by atoms with Gasteiger partial charge in [-0.15, -0.1) is 0 Å². The molecule has 0 amide bonds. The van der Waals surface area contributed by atoms with Crippen molar-refractivity contribution in [3.63, 3.8) is 0 Å². The summed E-state index contributed by atoms with van der Waals surface area (Å²) in [6, 6.07) is 6.70. The van der Waals surface area contributed by atoms with Crippen LogP contribution in [0.1, 0.15) is 24.0 Å². The number of hydrogen-bond acceptors (Lipinski definition) is 2. The Morgan fingerprint density at radius 2 is 2.12 bits per heavy atom. The molecule has 88 valence electrons. The third kappa shape index (κ3) is 2.76. The second-order valence-electron chi connectivity index (χ2n) is 4.99. The Morgan fingerprint density at radius 1 is 1.38 bits per heavy atom. The lowest BCUT2D eigenvalue weighted by Crippen LogP contribution is -2.22. The van der Waals surface area contributed by atoms with Crippen LogP contribution in [0.5, 0.6) is 0 Å². The van der Waals surface area contributed by atoms with Crippen LogP contribution in [0.4, 0.5) is 5.69 Å². The van der Waals surface area contributed by atoms with Crippen molar-refractivity contribution in [2.75, 3.05) is 25.0 Å². The van der Waals surface area contributed by atoms with Gasteiger partial charge in [0.15, 0.2) is 0 Å². The predicted octanol–water partition coefficient (Wildman–Crippen LogP) is 2.34. The number of hydrogen-bond donors (Lipinski definition) is 1. The van der Waals surface area contributed by atoms with Crippen LogP contribution in [0, 0.1) is 12.8 Å². The Morgan fingerprint density at radius 3 is 2.75 bits per heavy atom. The summed E-state index contributed by atoms with van der Waals surface area (Å²) in [5.74, 6) is 0.928. The number of benzene rings is 1. The van der Waals surface area contributed by atoms with Gasteiger partial charge in [-0.05, 0) is 50.3 Å². The lowest BCUT2D eigenvalue weighted by molar-refractivity contribution is 0.781. The van der Waals surface area contributed by atoms with Crippen LogP contribution in [-0.2, 0) is 6.42 Å². The minimum Gasteiger partial charge on any atom is -0.374 e. The minimum atomic E-state index is 0.730. The second-order valence-corrected chi connectivity index (χ2v) is 4.99. The van der Waals surface area contributed by atoms with E-state index in [4.69, 9.17) is 5.73 Å². The van der Waals surface area contributed by atoms with E-state index in [2.05, 4.69) is 37.1 Å². The lowest BCUT2D eigenvalue weighted by Gasteiger charge is -2.22. The van der Waals surface area contributed by atoms with E-state index in [0.29, 0.717) is 0 Å². The maximum absolute atomic E-state index is 5.67. The highest BCUT2D eigenvalue weighted by molar-refractivity contribution is 5.54. The molecule has 0 aliphatic heterocycles. The molecule has 1 aliphatic carbocycles. The summed E-state index contributed by atoms with van der Waals surface area (Å²) in [6.45, 7) is 4.07. The lowest BCUT2D eigenvalue weighted by atomic mass is 10.1. The largest absolute Gasteiger partial charge is 0.374 e. The van der Waals surface area contributed by atoms with E-state index in [0.717, 1.165) is 18.9 Å². The van der Waals surface area contributed by atoms with E-state index in [9.17, 15) is 0 Å². The molecule has 1 aromatic carbocycles. The van der Waals surface area contributed by atoms with Crippen LogP contribution in [0.15, 0.2) is 18.2 Å². The molecule has 1 aliphatic rings. The molecule has 2 N–H and O–H groups in total. The topological polar surface area (TPSA) is 29.3 Å². The van der Waals surface area contributed by atoms with Crippen molar-refractivity contribution < 1.29 is 0 Å². The second kappa shape index (κ2) is 4.88. The van der Waals surface area contributed by atoms with Crippen molar-refractivity contribution in [2.24, 2.45) is 11.7 Å². The quantitative estimate of drug-likeness (QED) is 0.822. The molecule has 1 fully saturated rings. The van der Waals surface area contributed by atoms with Crippen LogP contribution >= 0.6 is 0 Å². The molecule has 0 unspecified atom stereocenters. The number of anilines is 1. The zero-order chi connectivity index (χ0) is 11.5. The molecule has 1 saturated carbocycles. The predicted molar refractivity (Wildman–Crippen MR) is 69.9 cm³/mol. The van der Waals surface area contributed by atoms with Crippen molar-refractivity contribution in [2.45, 2.75) is 26.2 Å². The van der Waals surface area contributed by atoms with Gasteiger partial charge < -0.3 is 10.6 Å². The number of aryl methyl sites for hydroxylation is 1. The molecular formula is C14H22N2. The smallest absolute Gasteiger partial charge is 0.0396 e. The van der Waals surface area contributed by atoms with Crippen LogP contribution in [0.25, 0.3) is 0 Å². The third-order valence-electron chi connectivity index (χ3n) is 3.29. The normalized spacial score (nSPS) is 15.2. The van der Waals surface area contributed by atoms with E-state index in [1.807, 2.05) is 0 Å². The van der Waals surface area contributed by atoms with Gasteiger partial charge in [0.05, 0.1) is 0 Å². The molecule has 2 heteroatoms. The zero-order valence-electron chi connectivity index (χ0n) is 10.4. The molecule has 0 saturated heterocycles.